The molecule has 0 aromatic carbocycles. The van der Waals surface area contributed by atoms with Crippen molar-refractivity contribution in [3.63, 3.8) is 0 Å². The Hall–Kier alpha value is -0.160. The third-order valence-corrected chi connectivity index (χ3v) is 1.91. The lowest BCUT2D eigenvalue weighted by atomic mass is 10.1. The highest BCUT2D eigenvalue weighted by atomic mass is 16.5. The first-order valence-electron chi connectivity index (χ1n) is 3.64. The number of hydrogen-bond acceptors (Lipinski definition) is 4. The molecule has 1 rings (SSSR count). The molecule has 1 heterocycles. The van der Waals surface area contributed by atoms with Crippen molar-refractivity contribution in [2.45, 2.75) is 25.1 Å². The predicted octanol–water partition coefficient (Wildman–Crippen LogP) is -0.477. The molecule has 1 fully saturated rings. The van der Waals surface area contributed by atoms with Crippen LogP contribution in [0.2, 0.25) is 0 Å². The molecule has 1 aliphatic heterocycles. The maximum Gasteiger partial charge on any atom is 0.186 e. The average Bonchev–Trinajstić information content (AvgIpc) is 2.06. The van der Waals surface area contributed by atoms with E-state index >= 15 is 0 Å². The summed E-state index contributed by atoms with van der Waals surface area (Å²) in [6.45, 7) is 0.783. The van der Waals surface area contributed by atoms with E-state index in [-0.39, 0.29) is 0 Å². The summed E-state index contributed by atoms with van der Waals surface area (Å²) in [5.41, 5.74) is 2.63. The lowest BCUT2D eigenvalue weighted by molar-refractivity contribution is -0.120. The van der Waals surface area contributed by atoms with Crippen molar-refractivity contribution >= 4 is 0 Å². The molecule has 0 radical (unpaired) electrons. The first-order valence-corrected chi connectivity index (χ1v) is 3.64. The van der Waals surface area contributed by atoms with E-state index in [0.717, 1.165) is 25.9 Å². The van der Waals surface area contributed by atoms with E-state index in [1.807, 2.05) is 7.05 Å². The molecule has 1 saturated heterocycles. The van der Waals surface area contributed by atoms with Gasteiger partial charge in [-0.25, -0.2) is 5.43 Å². The minimum absolute atomic E-state index is 0.460. The van der Waals surface area contributed by atoms with Crippen molar-refractivity contribution in [3.05, 3.63) is 0 Å². The second-order valence-corrected chi connectivity index (χ2v) is 2.53. The zero-order valence-corrected chi connectivity index (χ0v) is 6.31. The molecular formula is C6H15N3O. The van der Waals surface area contributed by atoms with Crippen molar-refractivity contribution in [2.24, 2.45) is 5.84 Å². The first kappa shape index (κ1) is 7.94. The van der Waals surface area contributed by atoms with E-state index in [9.17, 15) is 0 Å². The molecule has 1 aliphatic rings. The molecule has 1 atom stereocenters. The quantitative estimate of drug-likeness (QED) is 0.279. The van der Waals surface area contributed by atoms with Crippen molar-refractivity contribution in [2.75, 3.05) is 13.7 Å². The van der Waals surface area contributed by atoms with Gasteiger partial charge >= 0.3 is 0 Å². The molecule has 4 heteroatoms. The average molecular weight is 145 g/mol. The zero-order chi connectivity index (χ0) is 7.45. The van der Waals surface area contributed by atoms with Gasteiger partial charge in [0.2, 0.25) is 0 Å². The first-order chi connectivity index (χ1) is 4.83. The summed E-state index contributed by atoms with van der Waals surface area (Å²) in [6.07, 6.45) is 3.22. The van der Waals surface area contributed by atoms with Crippen LogP contribution in [0.15, 0.2) is 0 Å². The zero-order valence-electron chi connectivity index (χ0n) is 6.31. The van der Waals surface area contributed by atoms with Crippen LogP contribution in [0.25, 0.3) is 0 Å². The molecule has 60 valence electrons. The van der Waals surface area contributed by atoms with Crippen LogP contribution < -0.4 is 16.6 Å². The molecule has 0 amide bonds. The van der Waals surface area contributed by atoms with Gasteiger partial charge in [0.15, 0.2) is 5.85 Å². The summed E-state index contributed by atoms with van der Waals surface area (Å²) >= 11 is 0. The molecule has 0 spiro atoms. The van der Waals surface area contributed by atoms with Crippen molar-refractivity contribution in [3.8, 4) is 0 Å². The van der Waals surface area contributed by atoms with Crippen LogP contribution in [0.4, 0.5) is 0 Å². The molecule has 1 unspecified atom stereocenters. The molecular weight excluding hydrogens is 130 g/mol. The van der Waals surface area contributed by atoms with Crippen LogP contribution in [-0.2, 0) is 4.74 Å². The van der Waals surface area contributed by atoms with Crippen LogP contribution in [0, 0.1) is 0 Å². The molecule has 10 heavy (non-hydrogen) atoms. The van der Waals surface area contributed by atoms with E-state index in [0.29, 0.717) is 0 Å². The largest absolute Gasteiger partial charge is 0.346 e. The number of hydrogen-bond donors (Lipinski definition) is 3. The van der Waals surface area contributed by atoms with Crippen LogP contribution in [-0.4, -0.2) is 19.5 Å². The number of ether oxygens (including phenoxy) is 1. The molecule has 0 aromatic heterocycles. The van der Waals surface area contributed by atoms with E-state index in [1.54, 1.807) is 0 Å². The smallest absolute Gasteiger partial charge is 0.186 e. The summed E-state index contributed by atoms with van der Waals surface area (Å²) in [6, 6.07) is 0. The van der Waals surface area contributed by atoms with Crippen molar-refractivity contribution < 1.29 is 4.74 Å². The maximum atomic E-state index is 5.42. The highest BCUT2D eigenvalue weighted by molar-refractivity contribution is 4.73. The molecule has 0 bridgehead atoms. The van der Waals surface area contributed by atoms with Crippen LogP contribution >= 0.6 is 0 Å². The predicted molar refractivity (Wildman–Crippen MR) is 38.9 cm³/mol. The number of rotatable bonds is 2. The Labute approximate surface area is 61.1 Å². The third kappa shape index (κ3) is 1.46. The maximum absolute atomic E-state index is 5.42. The minimum Gasteiger partial charge on any atom is -0.346 e. The molecule has 0 saturated carbocycles. The summed E-state index contributed by atoms with van der Waals surface area (Å²) in [7, 11) is 1.84. The van der Waals surface area contributed by atoms with Gasteiger partial charge in [0.1, 0.15) is 0 Å². The van der Waals surface area contributed by atoms with Gasteiger partial charge in [-0.05, 0) is 19.9 Å². The molecule has 0 aliphatic carbocycles. The monoisotopic (exact) mass is 145 g/mol. The summed E-state index contributed by atoms with van der Waals surface area (Å²) in [5.74, 6) is 4.85. The van der Waals surface area contributed by atoms with E-state index in [2.05, 4.69) is 10.7 Å². The van der Waals surface area contributed by atoms with Gasteiger partial charge in [0, 0.05) is 6.42 Å². The Morgan fingerprint density at radius 2 is 2.30 bits per heavy atom. The topological polar surface area (TPSA) is 59.3 Å². The standard InChI is InChI=1S/C6H15N3O/c1-8-6(9-7)4-2-3-5-10-6/h8-9H,2-5,7H2,1H3. The fraction of sp³-hybridized carbons (Fsp3) is 1.00. The SMILES string of the molecule is CNC1(NN)CCCCO1. The normalized spacial score (nSPS) is 34.2. The van der Waals surface area contributed by atoms with Crippen molar-refractivity contribution in [1.29, 1.82) is 0 Å². The minimum atomic E-state index is -0.460. The van der Waals surface area contributed by atoms with Gasteiger partial charge in [-0.15, -0.1) is 0 Å². The third-order valence-electron chi connectivity index (χ3n) is 1.91. The van der Waals surface area contributed by atoms with Gasteiger partial charge in [-0.2, -0.15) is 0 Å². The fourth-order valence-corrected chi connectivity index (χ4v) is 1.18. The number of hydrazine groups is 1. The van der Waals surface area contributed by atoms with E-state index in [1.165, 1.54) is 0 Å². The lowest BCUT2D eigenvalue weighted by Gasteiger charge is -2.35. The Kier molecular flexibility index (Phi) is 2.62. The Morgan fingerprint density at radius 3 is 2.60 bits per heavy atom. The van der Waals surface area contributed by atoms with Crippen molar-refractivity contribution in [1.82, 2.24) is 10.7 Å². The number of nitrogens with two attached hydrogens (primary N) is 1. The van der Waals surface area contributed by atoms with Crippen LogP contribution in [0.3, 0.4) is 0 Å². The van der Waals surface area contributed by atoms with Gasteiger partial charge in [-0.1, -0.05) is 0 Å². The van der Waals surface area contributed by atoms with Gasteiger partial charge < -0.3 is 4.74 Å². The van der Waals surface area contributed by atoms with E-state index in [4.69, 9.17) is 10.6 Å². The lowest BCUT2D eigenvalue weighted by Crippen LogP contribution is -2.61. The van der Waals surface area contributed by atoms with E-state index < -0.39 is 5.85 Å². The molecule has 4 nitrogen and oxygen atoms in total. The summed E-state index contributed by atoms with van der Waals surface area (Å²) in [5, 5.41) is 3.01. The summed E-state index contributed by atoms with van der Waals surface area (Å²) in [4.78, 5) is 0. The second-order valence-electron chi connectivity index (χ2n) is 2.53. The highest BCUT2D eigenvalue weighted by Gasteiger charge is 2.29. The molecule has 4 N–H and O–H groups in total. The van der Waals surface area contributed by atoms with Gasteiger partial charge in [-0.3, -0.25) is 11.2 Å². The second kappa shape index (κ2) is 3.30. The Morgan fingerprint density at radius 1 is 1.50 bits per heavy atom. The summed E-state index contributed by atoms with van der Waals surface area (Å²) < 4.78 is 5.42. The van der Waals surface area contributed by atoms with Gasteiger partial charge in [0.25, 0.3) is 0 Å². The van der Waals surface area contributed by atoms with Crippen LogP contribution in [0.1, 0.15) is 19.3 Å². The van der Waals surface area contributed by atoms with Gasteiger partial charge in [0.05, 0.1) is 6.61 Å². The number of nitrogens with one attached hydrogen (secondary N) is 2. The Bertz CT molecular complexity index is 95.2. The fourth-order valence-electron chi connectivity index (χ4n) is 1.18. The Balaban J connectivity index is 2.44. The highest BCUT2D eigenvalue weighted by Crippen LogP contribution is 2.17. The van der Waals surface area contributed by atoms with Crippen LogP contribution in [0.5, 0.6) is 0 Å². The molecule has 0 aromatic rings.